The van der Waals surface area contributed by atoms with Gasteiger partial charge in [-0.2, -0.15) is 0 Å². The minimum absolute atomic E-state index is 0.190. The Labute approximate surface area is 77.2 Å². The highest BCUT2D eigenvalue weighted by Gasteiger charge is 2.09. The number of nitrogen functional groups attached to an aromatic ring is 1. The second-order valence-electron chi connectivity index (χ2n) is 3.02. The van der Waals surface area contributed by atoms with E-state index in [1.807, 2.05) is 13.8 Å². The molecule has 13 heavy (non-hydrogen) atoms. The van der Waals surface area contributed by atoms with Crippen molar-refractivity contribution < 1.29 is 9.90 Å². The van der Waals surface area contributed by atoms with Gasteiger partial charge in [0.25, 0.3) is 0 Å². The van der Waals surface area contributed by atoms with Gasteiger partial charge in [-0.05, 0) is 36.6 Å². The van der Waals surface area contributed by atoms with E-state index in [2.05, 4.69) is 0 Å². The van der Waals surface area contributed by atoms with Crippen LogP contribution in [-0.4, -0.2) is 11.1 Å². The number of anilines is 1. The van der Waals surface area contributed by atoms with Crippen molar-refractivity contribution >= 4 is 11.7 Å². The van der Waals surface area contributed by atoms with E-state index >= 15 is 0 Å². The minimum atomic E-state index is -0.969. The van der Waals surface area contributed by atoms with Crippen molar-refractivity contribution in [2.45, 2.75) is 20.3 Å². The highest BCUT2D eigenvalue weighted by Crippen LogP contribution is 2.18. The molecule has 3 heteroatoms. The molecule has 3 nitrogen and oxygen atoms in total. The summed E-state index contributed by atoms with van der Waals surface area (Å²) in [5, 5.41) is 8.77. The molecule has 0 aromatic heterocycles. The SMILES string of the molecule is CCc1cc(N)c(C(=O)O)cc1C. The van der Waals surface area contributed by atoms with Gasteiger partial charge in [0.05, 0.1) is 5.56 Å². The van der Waals surface area contributed by atoms with Crippen LogP contribution in [0.3, 0.4) is 0 Å². The van der Waals surface area contributed by atoms with Crippen LogP contribution in [-0.2, 0) is 6.42 Å². The summed E-state index contributed by atoms with van der Waals surface area (Å²) in [6.07, 6.45) is 0.871. The summed E-state index contributed by atoms with van der Waals surface area (Å²) in [6.45, 7) is 3.91. The van der Waals surface area contributed by atoms with Crippen molar-refractivity contribution in [1.29, 1.82) is 0 Å². The van der Waals surface area contributed by atoms with Crippen LogP contribution in [0, 0.1) is 6.92 Å². The number of benzene rings is 1. The van der Waals surface area contributed by atoms with Crippen LogP contribution in [0.2, 0.25) is 0 Å². The Hall–Kier alpha value is -1.51. The van der Waals surface area contributed by atoms with Crippen LogP contribution < -0.4 is 5.73 Å². The number of aromatic carboxylic acids is 1. The Bertz CT molecular complexity index is 345. The van der Waals surface area contributed by atoms with Crippen LogP contribution in [0.4, 0.5) is 5.69 Å². The quantitative estimate of drug-likeness (QED) is 0.681. The standard InChI is InChI=1S/C10H13NO2/c1-3-7-5-9(11)8(10(12)13)4-6(7)2/h4-5H,3,11H2,1-2H3,(H,12,13). The highest BCUT2D eigenvalue weighted by molar-refractivity contribution is 5.94. The number of aryl methyl sites for hydroxylation is 2. The fraction of sp³-hybridized carbons (Fsp3) is 0.300. The van der Waals surface area contributed by atoms with Crippen molar-refractivity contribution in [1.82, 2.24) is 0 Å². The molecule has 0 radical (unpaired) electrons. The average Bonchev–Trinajstić information content (AvgIpc) is 2.07. The molecule has 0 aliphatic carbocycles. The molecule has 0 bridgehead atoms. The second-order valence-corrected chi connectivity index (χ2v) is 3.02. The molecule has 0 saturated heterocycles. The minimum Gasteiger partial charge on any atom is -0.478 e. The van der Waals surface area contributed by atoms with E-state index in [0.29, 0.717) is 5.69 Å². The molecule has 0 atom stereocenters. The molecule has 0 saturated carbocycles. The maximum Gasteiger partial charge on any atom is 0.337 e. The molecule has 0 spiro atoms. The van der Waals surface area contributed by atoms with Gasteiger partial charge in [0, 0.05) is 5.69 Å². The summed E-state index contributed by atoms with van der Waals surface area (Å²) in [6, 6.07) is 3.36. The number of nitrogens with two attached hydrogens (primary N) is 1. The van der Waals surface area contributed by atoms with Gasteiger partial charge in [-0.25, -0.2) is 4.79 Å². The summed E-state index contributed by atoms with van der Waals surface area (Å²) in [5.74, 6) is -0.969. The number of carbonyl (C=O) groups is 1. The predicted molar refractivity (Wildman–Crippen MR) is 51.9 cm³/mol. The van der Waals surface area contributed by atoms with Crippen molar-refractivity contribution in [3.8, 4) is 0 Å². The fourth-order valence-electron chi connectivity index (χ4n) is 1.34. The van der Waals surface area contributed by atoms with Gasteiger partial charge in [0.2, 0.25) is 0 Å². The zero-order chi connectivity index (χ0) is 10.0. The van der Waals surface area contributed by atoms with Gasteiger partial charge in [-0.1, -0.05) is 6.92 Å². The Balaban J connectivity index is 3.28. The molecule has 0 aliphatic heterocycles. The van der Waals surface area contributed by atoms with Gasteiger partial charge in [0.15, 0.2) is 0 Å². The molecule has 0 aliphatic rings. The van der Waals surface area contributed by atoms with E-state index in [9.17, 15) is 4.79 Å². The Morgan fingerprint density at radius 1 is 1.54 bits per heavy atom. The zero-order valence-corrected chi connectivity index (χ0v) is 7.79. The number of hydrogen-bond donors (Lipinski definition) is 2. The lowest BCUT2D eigenvalue weighted by atomic mass is 10.0. The summed E-state index contributed by atoms with van der Waals surface area (Å²) in [5.41, 5.74) is 8.20. The van der Waals surface area contributed by atoms with Crippen LogP contribution in [0.25, 0.3) is 0 Å². The molecule has 70 valence electrons. The first-order valence-corrected chi connectivity index (χ1v) is 4.18. The van der Waals surface area contributed by atoms with Crippen LogP contribution >= 0.6 is 0 Å². The molecular weight excluding hydrogens is 166 g/mol. The largest absolute Gasteiger partial charge is 0.478 e. The van der Waals surface area contributed by atoms with Gasteiger partial charge < -0.3 is 10.8 Å². The third-order valence-corrected chi connectivity index (χ3v) is 2.12. The highest BCUT2D eigenvalue weighted by atomic mass is 16.4. The first-order chi connectivity index (χ1) is 6.06. The number of rotatable bonds is 2. The molecule has 1 aromatic rings. The Kier molecular flexibility index (Phi) is 2.56. The monoisotopic (exact) mass is 179 g/mol. The van der Waals surface area contributed by atoms with Gasteiger partial charge >= 0.3 is 5.97 Å². The third kappa shape index (κ3) is 1.80. The second kappa shape index (κ2) is 3.47. The average molecular weight is 179 g/mol. The molecule has 0 heterocycles. The Morgan fingerprint density at radius 3 is 2.62 bits per heavy atom. The smallest absolute Gasteiger partial charge is 0.337 e. The third-order valence-electron chi connectivity index (χ3n) is 2.12. The van der Waals surface area contributed by atoms with Gasteiger partial charge in [0.1, 0.15) is 0 Å². The normalized spacial score (nSPS) is 10.0. The molecule has 0 amide bonds. The van der Waals surface area contributed by atoms with Crippen molar-refractivity contribution in [3.05, 3.63) is 28.8 Å². The van der Waals surface area contributed by atoms with E-state index in [1.54, 1.807) is 12.1 Å². The van der Waals surface area contributed by atoms with Crippen molar-refractivity contribution in [2.24, 2.45) is 0 Å². The maximum absolute atomic E-state index is 10.7. The van der Waals surface area contributed by atoms with E-state index in [4.69, 9.17) is 10.8 Å². The molecule has 1 aromatic carbocycles. The van der Waals surface area contributed by atoms with E-state index in [0.717, 1.165) is 17.5 Å². The molecule has 0 unspecified atom stereocenters. The lowest BCUT2D eigenvalue weighted by Crippen LogP contribution is -2.04. The van der Waals surface area contributed by atoms with E-state index in [1.165, 1.54) is 0 Å². The van der Waals surface area contributed by atoms with Gasteiger partial charge in [-0.15, -0.1) is 0 Å². The Morgan fingerprint density at radius 2 is 2.15 bits per heavy atom. The molecule has 0 fully saturated rings. The molecule has 3 N–H and O–H groups in total. The summed E-state index contributed by atoms with van der Waals surface area (Å²) >= 11 is 0. The molecular formula is C10H13NO2. The number of carboxylic acid groups (broad SMARTS) is 1. The summed E-state index contributed by atoms with van der Waals surface area (Å²) in [4.78, 5) is 10.7. The number of carboxylic acids is 1. The predicted octanol–water partition coefficient (Wildman–Crippen LogP) is 1.84. The number of hydrogen-bond acceptors (Lipinski definition) is 2. The van der Waals surface area contributed by atoms with Gasteiger partial charge in [-0.3, -0.25) is 0 Å². The first-order valence-electron chi connectivity index (χ1n) is 4.18. The topological polar surface area (TPSA) is 63.3 Å². The van der Waals surface area contributed by atoms with Crippen molar-refractivity contribution in [2.75, 3.05) is 5.73 Å². The lowest BCUT2D eigenvalue weighted by molar-refractivity contribution is 0.0698. The zero-order valence-electron chi connectivity index (χ0n) is 7.79. The summed E-state index contributed by atoms with van der Waals surface area (Å²) in [7, 11) is 0. The van der Waals surface area contributed by atoms with Crippen LogP contribution in [0.15, 0.2) is 12.1 Å². The van der Waals surface area contributed by atoms with Crippen molar-refractivity contribution in [3.63, 3.8) is 0 Å². The lowest BCUT2D eigenvalue weighted by Gasteiger charge is -2.07. The van der Waals surface area contributed by atoms with E-state index in [-0.39, 0.29) is 5.56 Å². The summed E-state index contributed by atoms with van der Waals surface area (Å²) < 4.78 is 0. The van der Waals surface area contributed by atoms with Crippen LogP contribution in [0.5, 0.6) is 0 Å². The maximum atomic E-state index is 10.7. The van der Waals surface area contributed by atoms with E-state index < -0.39 is 5.97 Å². The molecule has 1 rings (SSSR count). The first kappa shape index (κ1) is 9.58. The fourth-order valence-corrected chi connectivity index (χ4v) is 1.34. The van der Waals surface area contributed by atoms with Crippen LogP contribution in [0.1, 0.15) is 28.4 Å².